The highest BCUT2D eigenvalue weighted by atomic mass is 19.1. The van der Waals surface area contributed by atoms with Crippen molar-refractivity contribution in [2.24, 2.45) is 5.92 Å². The number of nitrogens with zero attached hydrogens (tertiary/aromatic N) is 3. The predicted octanol–water partition coefficient (Wildman–Crippen LogP) is 2.59. The van der Waals surface area contributed by atoms with Gasteiger partial charge in [-0.2, -0.15) is 10.4 Å². The highest BCUT2D eigenvalue weighted by Gasteiger charge is 2.26. The Morgan fingerprint density at radius 3 is 2.64 bits per heavy atom. The van der Waals surface area contributed by atoms with E-state index < -0.39 is 0 Å². The maximum Gasteiger partial charge on any atom is 0.257 e. The topological polar surface area (TPSA) is 72.8 Å². The number of halogens is 1. The fourth-order valence-corrected chi connectivity index (χ4v) is 2.67. The van der Waals surface area contributed by atoms with E-state index in [-0.39, 0.29) is 17.6 Å². The van der Waals surface area contributed by atoms with E-state index in [4.69, 9.17) is 5.26 Å². The molecule has 1 aliphatic heterocycles. The summed E-state index contributed by atoms with van der Waals surface area (Å²) in [5, 5.41) is 15.7. The van der Waals surface area contributed by atoms with E-state index in [2.05, 4.69) is 16.3 Å². The second kappa shape index (κ2) is 5.98. The summed E-state index contributed by atoms with van der Waals surface area (Å²) in [6.07, 6.45) is 2.90. The Balaban J connectivity index is 1.81. The summed E-state index contributed by atoms with van der Waals surface area (Å²) >= 11 is 0. The first kappa shape index (κ1) is 14.3. The number of carbonyl (C=O) groups is 1. The molecule has 1 saturated heterocycles. The molecule has 0 atom stereocenters. The van der Waals surface area contributed by atoms with Crippen molar-refractivity contribution in [2.75, 3.05) is 13.1 Å². The average molecular weight is 298 g/mol. The van der Waals surface area contributed by atoms with E-state index in [9.17, 15) is 9.18 Å². The molecule has 1 fully saturated rings. The van der Waals surface area contributed by atoms with Crippen molar-refractivity contribution in [1.29, 1.82) is 5.26 Å². The van der Waals surface area contributed by atoms with Gasteiger partial charge in [0.1, 0.15) is 5.82 Å². The van der Waals surface area contributed by atoms with Gasteiger partial charge in [-0.15, -0.1) is 0 Å². The highest BCUT2D eigenvalue weighted by molar-refractivity contribution is 5.99. The predicted molar refractivity (Wildman–Crippen MR) is 78.2 cm³/mol. The number of H-pyrrole nitrogens is 1. The smallest absolute Gasteiger partial charge is 0.257 e. The Kier molecular flexibility index (Phi) is 3.88. The molecule has 22 heavy (non-hydrogen) atoms. The lowest BCUT2D eigenvalue weighted by atomic mass is 9.97. The molecule has 0 unspecified atom stereocenters. The minimum atomic E-state index is -0.324. The molecule has 5 nitrogen and oxygen atoms in total. The first-order chi connectivity index (χ1) is 10.7. The van der Waals surface area contributed by atoms with Crippen molar-refractivity contribution in [3.63, 3.8) is 0 Å². The third-order valence-electron chi connectivity index (χ3n) is 3.97. The van der Waals surface area contributed by atoms with Gasteiger partial charge in [-0.3, -0.25) is 9.89 Å². The van der Waals surface area contributed by atoms with Crippen molar-refractivity contribution in [1.82, 2.24) is 15.1 Å². The Bertz CT molecular complexity index is 708. The van der Waals surface area contributed by atoms with Crippen molar-refractivity contribution >= 4 is 5.91 Å². The molecule has 0 saturated carbocycles. The number of hydrogen-bond acceptors (Lipinski definition) is 3. The first-order valence-corrected chi connectivity index (χ1v) is 7.17. The van der Waals surface area contributed by atoms with Crippen LogP contribution in [0.2, 0.25) is 0 Å². The molecule has 0 aliphatic carbocycles. The van der Waals surface area contributed by atoms with Crippen molar-refractivity contribution in [2.45, 2.75) is 12.8 Å². The lowest BCUT2D eigenvalue weighted by molar-refractivity contribution is 0.0708. The van der Waals surface area contributed by atoms with Crippen molar-refractivity contribution in [3.8, 4) is 17.3 Å². The molecule has 0 radical (unpaired) electrons. The van der Waals surface area contributed by atoms with Gasteiger partial charge in [0.15, 0.2) is 0 Å². The van der Waals surface area contributed by atoms with E-state index >= 15 is 0 Å². The minimum absolute atomic E-state index is 0.0324. The van der Waals surface area contributed by atoms with E-state index in [0.717, 1.165) is 0 Å². The number of carbonyl (C=O) groups excluding carboxylic acids is 1. The molecule has 1 aromatic carbocycles. The number of amides is 1. The van der Waals surface area contributed by atoms with Gasteiger partial charge in [-0.1, -0.05) is 0 Å². The molecule has 2 heterocycles. The third-order valence-corrected chi connectivity index (χ3v) is 3.97. The van der Waals surface area contributed by atoms with Crippen molar-refractivity contribution < 1.29 is 9.18 Å². The zero-order valence-corrected chi connectivity index (χ0v) is 11.9. The van der Waals surface area contributed by atoms with E-state index in [1.807, 2.05) is 0 Å². The molecule has 2 aromatic rings. The fourth-order valence-electron chi connectivity index (χ4n) is 2.67. The lowest BCUT2D eigenvalue weighted by Crippen LogP contribution is -2.38. The normalized spacial score (nSPS) is 15.5. The van der Waals surface area contributed by atoms with Gasteiger partial charge in [0.05, 0.1) is 23.5 Å². The molecule has 0 bridgehead atoms. The molecular formula is C16H15FN4O. The zero-order chi connectivity index (χ0) is 15.5. The molecule has 1 aliphatic rings. The van der Waals surface area contributed by atoms with E-state index in [0.29, 0.717) is 42.8 Å². The quantitative estimate of drug-likeness (QED) is 0.926. The van der Waals surface area contributed by atoms with Gasteiger partial charge >= 0.3 is 0 Å². The zero-order valence-electron chi connectivity index (χ0n) is 11.9. The second-order valence-corrected chi connectivity index (χ2v) is 5.36. The summed E-state index contributed by atoms with van der Waals surface area (Å²) in [4.78, 5) is 14.4. The van der Waals surface area contributed by atoms with Crippen LogP contribution in [0.3, 0.4) is 0 Å². The van der Waals surface area contributed by atoms with Crippen molar-refractivity contribution in [3.05, 3.63) is 41.8 Å². The van der Waals surface area contributed by atoms with Gasteiger partial charge in [0, 0.05) is 24.6 Å². The van der Waals surface area contributed by atoms with Crippen LogP contribution >= 0.6 is 0 Å². The molecule has 1 aromatic heterocycles. The summed E-state index contributed by atoms with van der Waals surface area (Å²) < 4.78 is 13.0. The molecular weight excluding hydrogens is 283 g/mol. The van der Waals surface area contributed by atoms with E-state index in [1.54, 1.807) is 17.0 Å². The Hall–Kier alpha value is -2.68. The largest absolute Gasteiger partial charge is 0.338 e. The van der Waals surface area contributed by atoms with E-state index in [1.165, 1.54) is 18.3 Å². The number of piperidine rings is 1. The van der Waals surface area contributed by atoms with Crippen LogP contribution in [-0.2, 0) is 0 Å². The van der Waals surface area contributed by atoms with Crippen LogP contribution in [-0.4, -0.2) is 34.1 Å². The van der Waals surface area contributed by atoms with Gasteiger partial charge < -0.3 is 4.90 Å². The van der Waals surface area contributed by atoms with Crippen LogP contribution in [0.15, 0.2) is 30.5 Å². The number of aromatic nitrogens is 2. The number of aromatic amines is 1. The van der Waals surface area contributed by atoms with Crippen LogP contribution in [0.25, 0.3) is 11.3 Å². The van der Waals surface area contributed by atoms with Crippen LogP contribution < -0.4 is 0 Å². The third kappa shape index (κ3) is 2.70. The standard InChI is InChI=1S/C16H15FN4O/c17-13-3-1-12(2-4-13)15-14(10-19-20-15)16(22)21-7-5-11(9-18)6-8-21/h1-4,10-11H,5-8H2,(H,19,20). The number of hydrogen-bond donors (Lipinski definition) is 1. The molecule has 0 spiro atoms. The lowest BCUT2D eigenvalue weighted by Gasteiger charge is -2.29. The molecule has 3 rings (SSSR count). The fraction of sp³-hybridized carbons (Fsp3) is 0.312. The van der Waals surface area contributed by atoms with Gasteiger partial charge in [-0.05, 0) is 37.1 Å². The summed E-state index contributed by atoms with van der Waals surface area (Å²) in [5.74, 6) is -0.399. The summed E-state index contributed by atoms with van der Waals surface area (Å²) in [7, 11) is 0. The van der Waals surface area contributed by atoms with Crippen LogP contribution in [0.5, 0.6) is 0 Å². The van der Waals surface area contributed by atoms with Gasteiger partial charge in [0.25, 0.3) is 5.91 Å². The first-order valence-electron chi connectivity index (χ1n) is 7.17. The number of likely N-dealkylation sites (tertiary alicyclic amines) is 1. The van der Waals surface area contributed by atoms with Crippen LogP contribution in [0.1, 0.15) is 23.2 Å². The summed E-state index contributed by atoms with van der Waals surface area (Å²) in [6.45, 7) is 1.15. The number of nitrogens with one attached hydrogen (secondary N) is 1. The maximum absolute atomic E-state index is 13.0. The van der Waals surface area contributed by atoms with Crippen LogP contribution in [0.4, 0.5) is 4.39 Å². The Morgan fingerprint density at radius 2 is 2.00 bits per heavy atom. The highest BCUT2D eigenvalue weighted by Crippen LogP contribution is 2.24. The van der Waals surface area contributed by atoms with Gasteiger partial charge in [-0.25, -0.2) is 4.39 Å². The Labute approximate surface area is 127 Å². The number of nitriles is 1. The molecule has 6 heteroatoms. The summed E-state index contributed by atoms with van der Waals surface area (Å²) in [6, 6.07) is 8.17. The summed E-state index contributed by atoms with van der Waals surface area (Å²) in [5.41, 5.74) is 1.78. The van der Waals surface area contributed by atoms with Gasteiger partial charge in [0.2, 0.25) is 0 Å². The maximum atomic E-state index is 13.0. The number of benzene rings is 1. The van der Waals surface area contributed by atoms with Crippen LogP contribution in [0, 0.1) is 23.1 Å². The Morgan fingerprint density at radius 1 is 1.32 bits per heavy atom. The monoisotopic (exact) mass is 298 g/mol. The molecule has 1 N–H and O–H groups in total. The molecule has 112 valence electrons. The minimum Gasteiger partial charge on any atom is -0.338 e. The molecule has 1 amide bonds. The SMILES string of the molecule is N#CC1CCN(C(=O)c2cn[nH]c2-c2ccc(F)cc2)CC1. The second-order valence-electron chi connectivity index (χ2n) is 5.36. The number of rotatable bonds is 2. The average Bonchev–Trinajstić information content (AvgIpc) is 3.04.